The van der Waals surface area contributed by atoms with Crippen molar-refractivity contribution in [3.05, 3.63) is 85.1 Å². The molecule has 576 valence electrons. The van der Waals surface area contributed by atoms with E-state index >= 15 is 0 Å². The third kappa shape index (κ3) is 81.6. The second-order valence-electron chi connectivity index (χ2n) is 30.1. The molecule has 0 saturated carbocycles. The highest BCUT2D eigenvalue weighted by atomic mass is 16.7. The van der Waals surface area contributed by atoms with E-state index in [-0.39, 0.29) is 38.2 Å². The molecular formula is C90H164NO8+. The fourth-order valence-electron chi connectivity index (χ4n) is 12.7. The normalized spacial score (nSPS) is 13.0. The average molecular weight is 1390 g/mol. The van der Waals surface area contributed by atoms with Crippen LogP contribution in [0.15, 0.2) is 85.1 Å². The van der Waals surface area contributed by atoms with Gasteiger partial charge in [0.15, 0.2) is 6.10 Å². The Balaban J connectivity index is 3.94. The second-order valence-corrected chi connectivity index (χ2v) is 30.1. The van der Waals surface area contributed by atoms with Gasteiger partial charge in [-0.15, -0.1) is 0 Å². The highest BCUT2D eigenvalue weighted by Gasteiger charge is 2.25. The number of carboxylic acid groups (broad SMARTS) is 1. The van der Waals surface area contributed by atoms with Crippen molar-refractivity contribution < 1.29 is 42.9 Å². The summed E-state index contributed by atoms with van der Waals surface area (Å²) in [7, 11) is 6.00. The lowest BCUT2D eigenvalue weighted by atomic mass is 10.0. The fraction of sp³-hybridized carbons (Fsp3) is 0.811. The summed E-state index contributed by atoms with van der Waals surface area (Å²) >= 11 is 0. The van der Waals surface area contributed by atoms with E-state index in [4.69, 9.17) is 18.9 Å². The number of unbranched alkanes of at least 4 members (excludes halogenated alkanes) is 51. The van der Waals surface area contributed by atoms with Crippen LogP contribution < -0.4 is 0 Å². The maximum atomic E-state index is 13.0. The van der Waals surface area contributed by atoms with Crippen LogP contribution in [0.25, 0.3) is 0 Å². The summed E-state index contributed by atoms with van der Waals surface area (Å²) in [5.41, 5.74) is 0. The average Bonchev–Trinajstić information content (AvgIpc) is 1.16. The number of esters is 2. The number of likely N-dealkylation sites (N-methyl/N-ethyl adjacent to an activating group) is 1. The molecule has 0 heterocycles. The van der Waals surface area contributed by atoms with Crippen LogP contribution in [-0.4, -0.2) is 87.4 Å². The van der Waals surface area contributed by atoms with Crippen LogP contribution >= 0.6 is 0 Å². The number of carbonyl (C=O) groups is 3. The van der Waals surface area contributed by atoms with Gasteiger partial charge >= 0.3 is 17.9 Å². The molecule has 0 aromatic rings. The minimum atomic E-state index is -1.51. The predicted octanol–water partition coefficient (Wildman–Crippen LogP) is 27.7. The molecule has 0 amide bonds. The molecule has 0 aromatic heterocycles. The number of rotatable bonds is 80. The first kappa shape index (κ1) is 95.5. The highest BCUT2D eigenvalue weighted by Crippen LogP contribution is 2.20. The molecule has 0 aliphatic carbocycles. The molecule has 0 aliphatic rings. The van der Waals surface area contributed by atoms with E-state index in [0.29, 0.717) is 17.4 Å². The SMILES string of the molecule is CC/C=C\C/C=C\C/C=C\C/C=C\C/C=C\CCCCCCCCCCCCCCCCCCCCCC(=O)OC(COC(=O)CCCCCCCCCCCCCCCCCCCCCCCCCCCCC/C=C\C/C=C\CCCCCCC)COC(OCC[N+](C)(C)C)C(=O)O. The number of ether oxygens (including phenoxy) is 4. The van der Waals surface area contributed by atoms with Gasteiger partial charge in [-0.05, 0) is 89.9 Å². The van der Waals surface area contributed by atoms with Gasteiger partial charge in [-0.3, -0.25) is 9.59 Å². The number of quaternary nitrogens is 1. The Morgan fingerprint density at radius 2 is 0.576 bits per heavy atom. The van der Waals surface area contributed by atoms with Gasteiger partial charge in [-0.25, -0.2) is 4.79 Å². The predicted molar refractivity (Wildman–Crippen MR) is 429 cm³/mol. The maximum Gasteiger partial charge on any atom is 0.361 e. The quantitative estimate of drug-likeness (QED) is 0.0211. The topological polar surface area (TPSA) is 108 Å². The molecule has 2 atom stereocenters. The van der Waals surface area contributed by atoms with Crippen molar-refractivity contribution in [3.8, 4) is 0 Å². The number of carbonyl (C=O) groups excluding carboxylic acids is 2. The number of hydrogen-bond acceptors (Lipinski definition) is 7. The molecule has 1 N–H and O–H groups in total. The van der Waals surface area contributed by atoms with Gasteiger partial charge in [0.25, 0.3) is 6.29 Å². The number of allylic oxidation sites excluding steroid dienone is 14. The van der Waals surface area contributed by atoms with Crippen molar-refractivity contribution in [1.29, 1.82) is 0 Å². The minimum absolute atomic E-state index is 0.178. The van der Waals surface area contributed by atoms with Crippen LogP contribution in [0.5, 0.6) is 0 Å². The second kappa shape index (κ2) is 80.2. The summed E-state index contributed by atoms with van der Waals surface area (Å²) in [5, 5.41) is 9.79. The van der Waals surface area contributed by atoms with Crippen LogP contribution in [0.1, 0.15) is 412 Å². The zero-order valence-corrected chi connectivity index (χ0v) is 66.2. The summed E-state index contributed by atoms with van der Waals surface area (Å²) in [6.07, 6.45) is 108. The van der Waals surface area contributed by atoms with Gasteiger partial charge in [0.05, 0.1) is 34.4 Å². The molecule has 2 unspecified atom stereocenters. The molecule has 9 heteroatoms. The molecule has 0 bridgehead atoms. The molecular weight excluding hydrogens is 1220 g/mol. The first-order valence-electron chi connectivity index (χ1n) is 42.8. The number of hydrogen-bond donors (Lipinski definition) is 1. The fourth-order valence-corrected chi connectivity index (χ4v) is 12.7. The van der Waals surface area contributed by atoms with Gasteiger partial charge < -0.3 is 28.5 Å². The van der Waals surface area contributed by atoms with E-state index < -0.39 is 18.4 Å². The number of aliphatic carboxylic acids is 1. The van der Waals surface area contributed by atoms with E-state index in [1.54, 1.807) is 0 Å². The summed E-state index contributed by atoms with van der Waals surface area (Å²) in [6, 6.07) is 0. The molecule has 0 saturated heterocycles. The summed E-state index contributed by atoms with van der Waals surface area (Å²) in [5.74, 6) is -1.98. The van der Waals surface area contributed by atoms with Crippen LogP contribution in [0.4, 0.5) is 0 Å². The maximum absolute atomic E-state index is 13.0. The Bertz CT molecular complexity index is 1910. The summed E-state index contributed by atoms with van der Waals surface area (Å²) in [6.45, 7) is 4.82. The zero-order chi connectivity index (χ0) is 71.8. The summed E-state index contributed by atoms with van der Waals surface area (Å²) in [4.78, 5) is 37.8. The van der Waals surface area contributed by atoms with Crippen LogP contribution in [0.3, 0.4) is 0 Å². The molecule has 0 fully saturated rings. The Hall–Kier alpha value is -3.53. The molecule has 0 aliphatic heterocycles. The molecule has 0 radical (unpaired) electrons. The van der Waals surface area contributed by atoms with Crippen LogP contribution in [0.2, 0.25) is 0 Å². The van der Waals surface area contributed by atoms with Gasteiger partial charge in [0.2, 0.25) is 0 Å². The van der Waals surface area contributed by atoms with E-state index in [9.17, 15) is 19.5 Å². The lowest BCUT2D eigenvalue weighted by Gasteiger charge is -2.25. The van der Waals surface area contributed by atoms with E-state index in [1.165, 1.54) is 308 Å². The largest absolute Gasteiger partial charge is 0.477 e. The first-order chi connectivity index (χ1) is 48.6. The molecule has 0 aromatic carbocycles. The van der Waals surface area contributed by atoms with Crippen molar-refractivity contribution in [1.82, 2.24) is 0 Å². The van der Waals surface area contributed by atoms with Crippen LogP contribution in [-0.2, 0) is 33.3 Å². The number of nitrogens with zero attached hydrogens (tertiary/aromatic N) is 1. The van der Waals surface area contributed by atoms with E-state index in [2.05, 4.69) is 98.9 Å². The molecule has 99 heavy (non-hydrogen) atoms. The van der Waals surface area contributed by atoms with Crippen molar-refractivity contribution >= 4 is 17.9 Å². The van der Waals surface area contributed by atoms with Gasteiger partial charge in [-0.2, -0.15) is 0 Å². The zero-order valence-electron chi connectivity index (χ0n) is 66.2. The third-order valence-electron chi connectivity index (χ3n) is 19.1. The minimum Gasteiger partial charge on any atom is -0.477 e. The number of carboxylic acids is 1. The van der Waals surface area contributed by atoms with Gasteiger partial charge in [0, 0.05) is 12.8 Å². The third-order valence-corrected chi connectivity index (χ3v) is 19.1. The van der Waals surface area contributed by atoms with E-state index in [1.807, 2.05) is 21.1 Å². The Labute approximate surface area is 614 Å². The van der Waals surface area contributed by atoms with Gasteiger partial charge in [-0.1, -0.05) is 394 Å². The lowest BCUT2D eigenvalue weighted by Crippen LogP contribution is -2.40. The molecule has 0 spiro atoms. The Kier molecular flexibility index (Phi) is 77.3. The Morgan fingerprint density at radius 1 is 0.313 bits per heavy atom. The smallest absolute Gasteiger partial charge is 0.361 e. The van der Waals surface area contributed by atoms with Crippen molar-refractivity contribution in [2.24, 2.45) is 0 Å². The lowest BCUT2D eigenvalue weighted by molar-refractivity contribution is -0.870. The molecule has 0 rings (SSSR count). The summed E-state index contributed by atoms with van der Waals surface area (Å²) < 4.78 is 23.1. The van der Waals surface area contributed by atoms with Crippen molar-refractivity contribution in [2.45, 2.75) is 424 Å². The molecule has 9 nitrogen and oxygen atoms in total. The van der Waals surface area contributed by atoms with E-state index in [0.717, 1.165) is 77.0 Å². The van der Waals surface area contributed by atoms with Crippen molar-refractivity contribution in [2.75, 3.05) is 47.5 Å². The van der Waals surface area contributed by atoms with Crippen LogP contribution in [0, 0.1) is 0 Å². The highest BCUT2D eigenvalue weighted by molar-refractivity contribution is 5.71. The van der Waals surface area contributed by atoms with Crippen molar-refractivity contribution in [3.63, 3.8) is 0 Å². The van der Waals surface area contributed by atoms with Gasteiger partial charge in [0.1, 0.15) is 13.2 Å². The monoisotopic (exact) mass is 1390 g/mol. The Morgan fingerprint density at radius 3 is 0.859 bits per heavy atom. The first-order valence-corrected chi connectivity index (χ1v) is 42.8. The standard InChI is InChI=1S/C90H163NO8/c1-6-8-10-12-14-16-18-20-22-24-26-28-30-32-34-36-38-40-42-43-44-45-47-48-50-52-54-56-58-60-62-64-66-68-70-72-74-76-78-80-87(92)97-84-86(85-98-90(89(94)95)96-83-82-91(3,4)5)99-88(93)81-79-77-75-73-71-69-67-65-63-61-59-57-55-53-51-49-46-41-39-37-35-33-31-29-27-25-23-21-19-17-15-13-11-9-7-2/h9,11,15,17-18,20-21,23-24,26-27,29,33,35,86,90H,6-8,10,12-14,16,19,22,25,28,30-32,34,36-85H2,1-5H3/p+1/b11-9-,17-15-,20-18-,23-21-,26-24-,29-27-,35-33-.